The minimum absolute atomic E-state index is 0.180. The lowest BCUT2D eigenvalue weighted by Crippen LogP contribution is -2.31. The highest BCUT2D eigenvalue weighted by Crippen LogP contribution is 2.18. The Morgan fingerprint density at radius 1 is 1.10 bits per heavy atom. The molecule has 2 aromatic rings. The molecule has 0 unspecified atom stereocenters. The van der Waals surface area contributed by atoms with Gasteiger partial charge in [0.05, 0.1) is 6.42 Å². The van der Waals surface area contributed by atoms with Crippen molar-refractivity contribution in [3.05, 3.63) is 65.2 Å². The number of hydrazine groups is 1. The van der Waals surface area contributed by atoms with Crippen LogP contribution in [0.15, 0.2) is 48.5 Å². The van der Waals surface area contributed by atoms with Crippen molar-refractivity contribution in [2.45, 2.75) is 19.9 Å². The Labute approximate surface area is 125 Å². The summed E-state index contributed by atoms with van der Waals surface area (Å²) in [7, 11) is 2.05. The SMILES string of the molecule is Cc1ccc(N(C)Cc2ccccc2CC(=O)NN)cc1. The molecule has 4 heteroatoms. The van der Waals surface area contributed by atoms with Crippen molar-refractivity contribution >= 4 is 11.6 Å². The Balaban J connectivity index is 2.15. The van der Waals surface area contributed by atoms with Crippen molar-refractivity contribution in [2.75, 3.05) is 11.9 Å². The van der Waals surface area contributed by atoms with E-state index in [-0.39, 0.29) is 5.91 Å². The fourth-order valence-electron chi connectivity index (χ4n) is 2.25. The van der Waals surface area contributed by atoms with Gasteiger partial charge in [0.15, 0.2) is 0 Å². The Morgan fingerprint density at radius 2 is 1.71 bits per heavy atom. The third-order valence-corrected chi connectivity index (χ3v) is 3.51. The third kappa shape index (κ3) is 4.07. The van der Waals surface area contributed by atoms with Crippen LogP contribution in [0, 0.1) is 6.92 Å². The van der Waals surface area contributed by atoms with Gasteiger partial charge in [0.25, 0.3) is 0 Å². The molecule has 0 fully saturated rings. The quantitative estimate of drug-likeness (QED) is 0.502. The van der Waals surface area contributed by atoms with Crippen molar-refractivity contribution in [3.8, 4) is 0 Å². The fourth-order valence-corrected chi connectivity index (χ4v) is 2.25. The van der Waals surface area contributed by atoms with E-state index in [2.05, 4.69) is 41.5 Å². The molecule has 2 rings (SSSR count). The predicted octanol–water partition coefficient (Wildman–Crippen LogP) is 2.16. The Morgan fingerprint density at radius 3 is 2.33 bits per heavy atom. The van der Waals surface area contributed by atoms with Crippen LogP contribution < -0.4 is 16.2 Å². The minimum atomic E-state index is -0.180. The second-order valence-electron chi connectivity index (χ2n) is 5.20. The van der Waals surface area contributed by atoms with E-state index in [0.717, 1.165) is 23.4 Å². The summed E-state index contributed by atoms with van der Waals surface area (Å²) >= 11 is 0. The van der Waals surface area contributed by atoms with Crippen molar-refractivity contribution < 1.29 is 4.79 Å². The molecule has 0 saturated heterocycles. The van der Waals surface area contributed by atoms with Crippen LogP contribution in [-0.4, -0.2) is 13.0 Å². The number of nitrogens with zero attached hydrogens (tertiary/aromatic N) is 1. The summed E-state index contributed by atoms with van der Waals surface area (Å²) in [6.07, 6.45) is 0.300. The van der Waals surface area contributed by atoms with Crippen LogP contribution in [0.1, 0.15) is 16.7 Å². The molecule has 1 amide bonds. The molecule has 0 bridgehead atoms. The van der Waals surface area contributed by atoms with E-state index in [9.17, 15) is 4.79 Å². The standard InChI is InChI=1S/C17H21N3O/c1-13-7-9-16(10-8-13)20(2)12-15-6-4-3-5-14(15)11-17(21)19-18/h3-10H,11-12,18H2,1-2H3,(H,19,21). The number of nitrogens with two attached hydrogens (primary N) is 1. The molecule has 21 heavy (non-hydrogen) atoms. The molecular formula is C17H21N3O. The summed E-state index contributed by atoms with van der Waals surface area (Å²) in [6.45, 7) is 2.82. The highest BCUT2D eigenvalue weighted by molar-refractivity contribution is 5.78. The number of nitrogens with one attached hydrogen (secondary N) is 1. The van der Waals surface area contributed by atoms with Gasteiger partial charge in [0, 0.05) is 19.3 Å². The fraction of sp³-hybridized carbons (Fsp3) is 0.235. The maximum Gasteiger partial charge on any atom is 0.238 e. The van der Waals surface area contributed by atoms with E-state index in [0.29, 0.717) is 6.42 Å². The molecule has 0 atom stereocenters. The average Bonchev–Trinajstić information content (AvgIpc) is 2.49. The molecular weight excluding hydrogens is 262 g/mol. The molecule has 0 saturated carbocycles. The van der Waals surface area contributed by atoms with E-state index < -0.39 is 0 Å². The van der Waals surface area contributed by atoms with Crippen LogP contribution in [0.5, 0.6) is 0 Å². The number of anilines is 1. The molecule has 4 nitrogen and oxygen atoms in total. The molecule has 0 aliphatic carbocycles. The molecule has 0 aliphatic rings. The van der Waals surface area contributed by atoms with Gasteiger partial charge in [0.1, 0.15) is 0 Å². The smallest absolute Gasteiger partial charge is 0.238 e. The lowest BCUT2D eigenvalue weighted by molar-refractivity contribution is -0.120. The number of amides is 1. The van der Waals surface area contributed by atoms with Crippen molar-refractivity contribution in [1.29, 1.82) is 0 Å². The Hall–Kier alpha value is -2.33. The molecule has 0 heterocycles. The van der Waals surface area contributed by atoms with Crippen LogP contribution in [0.25, 0.3) is 0 Å². The van der Waals surface area contributed by atoms with E-state index in [1.165, 1.54) is 5.56 Å². The van der Waals surface area contributed by atoms with Crippen molar-refractivity contribution in [3.63, 3.8) is 0 Å². The molecule has 2 aromatic carbocycles. The lowest BCUT2D eigenvalue weighted by atomic mass is 10.0. The van der Waals surface area contributed by atoms with Crippen LogP contribution in [0.3, 0.4) is 0 Å². The molecule has 0 spiro atoms. The summed E-state index contributed by atoms with van der Waals surface area (Å²) in [5, 5.41) is 0. The maximum atomic E-state index is 11.5. The summed E-state index contributed by atoms with van der Waals surface area (Å²) < 4.78 is 0. The van der Waals surface area contributed by atoms with Crippen LogP contribution >= 0.6 is 0 Å². The van der Waals surface area contributed by atoms with E-state index in [1.807, 2.05) is 31.3 Å². The Bertz CT molecular complexity index is 608. The number of hydrogen-bond donors (Lipinski definition) is 2. The second-order valence-corrected chi connectivity index (χ2v) is 5.20. The molecule has 110 valence electrons. The van der Waals surface area contributed by atoms with Crippen LogP contribution in [0.4, 0.5) is 5.69 Å². The Kier molecular flexibility index (Phi) is 4.95. The molecule has 3 N–H and O–H groups in total. The number of rotatable bonds is 5. The summed E-state index contributed by atoms with van der Waals surface area (Å²) in [6, 6.07) is 16.3. The van der Waals surface area contributed by atoms with Crippen molar-refractivity contribution in [1.82, 2.24) is 5.43 Å². The van der Waals surface area contributed by atoms with Crippen LogP contribution in [0.2, 0.25) is 0 Å². The zero-order valence-electron chi connectivity index (χ0n) is 12.5. The highest BCUT2D eigenvalue weighted by atomic mass is 16.2. The number of hydrogen-bond acceptors (Lipinski definition) is 3. The first kappa shape index (κ1) is 15.1. The summed E-state index contributed by atoms with van der Waals surface area (Å²) in [4.78, 5) is 13.6. The number of aryl methyl sites for hydroxylation is 1. The lowest BCUT2D eigenvalue weighted by Gasteiger charge is -2.21. The maximum absolute atomic E-state index is 11.5. The topological polar surface area (TPSA) is 58.4 Å². The van der Waals surface area contributed by atoms with Gasteiger partial charge in [0.2, 0.25) is 5.91 Å². The van der Waals surface area contributed by atoms with Gasteiger partial charge in [-0.05, 0) is 30.2 Å². The number of carbonyl (C=O) groups excluding carboxylic acids is 1. The van der Waals surface area contributed by atoms with Gasteiger partial charge in [-0.15, -0.1) is 0 Å². The first-order chi connectivity index (χ1) is 10.1. The van der Waals surface area contributed by atoms with E-state index in [1.54, 1.807) is 0 Å². The van der Waals surface area contributed by atoms with Crippen LogP contribution in [-0.2, 0) is 17.8 Å². The number of benzene rings is 2. The third-order valence-electron chi connectivity index (χ3n) is 3.51. The normalized spacial score (nSPS) is 10.2. The van der Waals surface area contributed by atoms with Gasteiger partial charge >= 0.3 is 0 Å². The van der Waals surface area contributed by atoms with Gasteiger partial charge < -0.3 is 4.90 Å². The number of carbonyl (C=O) groups is 1. The highest BCUT2D eigenvalue weighted by Gasteiger charge is 2.09. The largest absolute Gasteiger partial charge is 0.370 e. The van der Waals surface area contributed by atoms with Crippen molar-refractivity contribution in [2.24, 2.45) is 5.84 Å². The van der Waals surface area contributed by atoms with E-state index >= 15 is 0 Å². The predicted molar refractivity (Wildman–Crippen MR) is 85.8 cm³/mol. The van der Waals surface area contributed by atoms with Gasteiger partial charge in [-0.3, -0.25) is 10.2 Å². The second kappa shape index (κ2) is 6.90. The van der Waals surface area contributed by atoms with Gasteiger partial charge in [-0.2, -0.15) is 0 Å². The first-order valence-corrected chi connectivity index (χ1v) is 6.94. The first-order valence-electron chi connectivity index (χ1n) is 6.94. The molecule has 0 aliphatic heterocycles. The van der Waals surface area contributed by atoms with E-state index in [4.69, 9.17) is 5.84 Å². The van der Waals surface area contributed by atoms with Gasteiger partial charge in [-0.1, -0.05) is 42.0 Å². The summed E-state index contributed by atoms with van der Waals surface area (Å²) in [5.41, 5.74) is 6.70. The van der Waals surface area contributed by atoms with Gasteiger partial charge in [-0.25, -0.2) is 5.84 Å². The molecule has 0 radical (unpaired) electrons. The summed E-state index contributed by atoms with van der Waals surface area (Å²) in [5.74, 6) is 4.99. The molecule has 0 aromatic heterocycles. The zero-order chi connectivity index (χ0) is 15.2. The zero-order valence-corrected chi connectivity index (χ0v) is 12.5. The monoisotopic (exact) mass is 283 g/mol. The minimum Gasteiger partial charge on any atom is -0.370 e. The average molecular weight is 283 g/mol.